The number of Topliss-reactive ketones (excluding diaryl/α,β-unsaturated/α-hetero) is 1. The molecule has 0 spiro atoms. The van der Waals surface area contributed by atoms with Gasteiger partial charge in [-0.3, -0.25) is 4.79 Å². The first-order chi connectivity index (χ1) is 5.72. The summed E-state index contributed by atoms with van der Waals surface area (Å²) in [7, 11) is 0. The zero-order valence-electron chi connectivity index (χ0n) is 7.77. The number of hydrogen-bond acceptors (Lipinski definition) is 3. The van der Waals surface area contributed by atoms with Gasteiger partial charge in [0.15, 0.2) is 0 Å². The average Bonchev–Trinajstić information content (AvgIpc) is 1.81. The summed E-state index contributed by atoms with van der Waals surface area (Å²) >= 11 is 0. The summed E-state index contributed by atoms with van der Waals surface area (Å²) in [6.07, 6.45) is -3.88. The van der Waals surface area contributed by atoms with Crippen molar-refractivity contribution >= 4 is 11.8 Å². The molecule has 13 heavy (non-hydrogen) atoms. The van der Waals surface area contributed by atoms with Crippen molar-refractivity contribution in [3.8, 4) is 0 Å². The number of rotatable bonds is 3. The monoisotopic (exact) mass is 194 g/mol. The number of hydrogen-bond donors (Lipinski definition) is 0. The van der Waals surface area contributed by atoms with Crippen LogP contribution in [0.25, 0.3) is 0 Å². The van der Waals surface area contributed by atoms with Crippen LogP contribution in [0, 0.1) is 0 Å². The molecule has 0 atom stereocenters. The second-order valence-corrected chi connectivity index (χ2v) is 3.52. The largest absolute Gasteiger partial charge is 0.454 e. The molecule has 0 N–H and O–H groups in total. The summed E-state index contributed by atoms with van der Waals surface area (Å²) in [5.41, 5.74) is -0.825. The van der Waals surface area contributed by atoms with Gasteiger partial charge in [-0.1, -0.05) is 0 Å². The summed E-state index contributed by atoms with van der Waals surface area (Å²) < 4.78 is 27.9. The molecule has 0 aromatic heterocycles. The predicted octanol–water partition coefficient (Wildman–Crippen LogP) is 1.55. The van der Waals surface area contributed by atoms with Crippen LogP contribution in [0.5, 0.6) is 0 Å². The zero-order chi connectivity index (χ0) is 10.6. The van der Waals surface area contributed by atoms with Crippen LogP contribution in [-0.4, -0.2) is 23.8 Å². The fraction of sp³-hybridized carbons (Fsp3) is 0.750. The van der Waals surface area contributed by atoms with Gasteiger partial charge in [0, 0.05) is 0 Å². The normalized spacial score (nSPS) is 11.5. The third-order valence-corrected chi connectivity index (χ3v) is 0.966. The number of esters is 1. The molecule has 0 aromatic carbocycles. The predicted molar refractivity (Wildman–Crippen MR) is 41.5 cm³/mol. The molecular formula is C8H12F2O3. The molecule has 0 aromatic rings. The fourth-order valence-corrected chi connectivity index (χ4v) is 0.558. The van der Waals surface area contributed by atoms with Crippen LogP contribution in [0.15, 0.2) is 0 Å². The highest BCUT2D eigenvalue weighted by Gasteiger charge is 2.24. The van der Waals surface area contributed by atoms with Crippen LogP contribution in [0.3, 0.4) is 0 Å². The molecule has 0 saturated carbocycles. The van der Waals surface area contributed by atoms with Gasteiger partial charge in [-0.15, -0.1) is 0 Å². The summed E-state index contributed by atoms with van der Waals surface area (Å²) in [6.45, 7) is 4.67. The second kappa shape index (κ2) is 4.30. The Hall–Kier alpha value is -1.00. The maximum absolute atomic E-state index is 11.6. The number of alkyl halides is 2. The van der Waals surface area contributed by atoms with Crippen molar-refractivity contribution in [2.45, 2.75) is 39.2 Å². The van der Waals surface area contributed by atoms with E-state index in [9.17, 15) is 18.4 Å². The Morgan fingerprint density at radius 2 is 1.77 bits per heavy atom. The first-order valence-electron chi connectivity index (χ1n) is 3.76. The number of carbonyl (C=O) groups excluding carboxylic acids is 2. The van der Waals surface area contributed by atoms with Crippen LogP contribution >= 0.6 is 0 Å². The SMILES string of the molecule is CC(C)(C)OC(=O)C(=O)CC(F)F. The standard InChI is InChI=1S/C8H12F2O3/c1-8(2,3)13-7(12)5(11)4-6(9)10/h6H,4H2,1-3H3. The van der Waals surface area contributed by atoms with Crippen molar-refractivity contribution in [2.75, 3.05) is 0 Å². The lowest BCUT2D eigenvalue weighted by atomic mass is 10.2. The van der Waals surface area contributed by atoms with E-state index >= 15 is 0 Å². The van der Waals surface area contributed by atoms with E-state index in [2.05, 4.69) is 4.74 Å². The second-order valence-electron chi connectivity index (χ2n) is 3.52. The molecule has 0 aliphatic carbocycles. The molecule has 0 aliphatic heterocycles. The highest BCUT2D eigenvalue weighted by atomic mass is 19.3. The first kappa shape index (κ1) is 12.0. The van der Waals surface area contributed by atoms with Crippen molar-refractivity contribution < 1.29 is 23.1 Å². The van der Waals surface area contributed by atoms with Gasteiger partial charge in [0.25, 0.3) is 0 Å². The number of carbonyl (C=O) groups is 2. The molecule has 76 valence electrons. The first-order valence-corrected chi connectivity index (χ1v) is 3.76. The van der Waals surface area contributed by atoms with Crippen molar-refractivity contribution in [1.29, 1.82) is 0 Å². The van der Waals surface area contributed by atoms with Crippen LogP contribution < -0.4 is 0 Å². The summed E-state index contributed by atoms with van der Waals surface area (Å²) in [6, 6.07) is 0. The Morgan fingerprint density at radius 1 is 1.31 bits per heavy atom. The highest BCUT2D eigenvalue weighted by molar-refractivity contribution is 6.33. The fourth-order valence-electron chi connectivity index (χ4n) is 0.558. The molecule has 0 heterocycles. The lowest BCUT2D eigenvalue weighted by Crippen LogP contribution is -2.29. The maximum atomic E-state index is 11.6. The van der Waals surface area contributed by atoms with Crippen molar-refractivity contribution in [3.63, 3.8) is 0 Å². The Bertz CT molecular complexity index is 206. The quantitative estimate of drug-likeness (QED) is 0.505. The van der Waals surface area contributed by atoms with Crippen LogP contribution in [0.1, 0.15) is 27.2 Å². The number of halogens is 2. The summed E-state index contributed by atoms with van der Waals surface area (Å²) in [4.78, 5) is 21.5. The molecule has 0 unspecified atom stereocenters. The molecule has 0 amide bonds. The molecule has 5 heteroatoms. The van der Waals surface area contributed by atoms with Gasteiger partial charge in [0.2, 0.25) is 12.2 Å². The molecule has 3 nitrogen and oxygen atoms in total. The molecule has 0 saturated heterocycles. The summed E-state index contributed by atoms with van der Waals surface area (Å²) in [5, 5.41) is 0. The molecule has 0 fully saturated rings. The molecule has 0 radical (unpaired) electrons. The number of ether oxygens (including phenoxy) is 1. The van der Waals surface area contributed by atoms with Gasteiger partial charge in [-0.25, -0.2) is 13.6 Å². The third-order valence-electron chi connectivity index (χ3n) is 0.966. The van der Waals surface area contributed by atoms with Gasteiger partial charge in [0.1, 0.15) is 5.60 Å². The van der Waals surface area contributed by atoms with E-state index in [0.29, 0.717) is 0 Å². The molecule has 0 rings (SSSR count). The Kier molecular flexibility index (Phi) is 3.97. The van der Waals surface area contributed by atoms with E-state index in [1.807, 2.05) is 0 Å². The van der Waals surface area contributed by atoms with Crippen molar-refractivity contribution in [2.24, 2.45) is 0 Å². The van der Waals surface area contributed by atoms with Gasteiger partial charge in [-0.2, -0.15) is 0 Å². The minimum absolute atomic E-state index is 0.825. The molecule has 0 bridgehead atoms. The van der Waals surface area contributed by atoms with E-state index in [-0.39, 0.29) is 0 Å². The maximum Gasteiger partial charge on any atom is 0.375 e. The van der Waals surface area contributed by atoms with Crippen molar-refractivity contribution in [3.05, 3.63) is 0 Å². The number of ketones is 1. The highest BCUT2D eigenvalue weighted by Crippen LogP contribution is 2.09. The topological polar surface area (TPSA) is 43.4 Å². The van der Waals surface area contributed by atoms with Crippen LogP contribution in [0.4, 0.5) is 8.78 Å². The molecule has 0 aliphatic rings. The minimum atomic E-state index is -2.81. The van der Waals surface area contributed by atoms with Gasteiger partial charge < -0.3 is 4.74 Å². The van der Waals surface area contributed by atoms with Crippen molar-refractivity contribution in [1.82, 2.24) is 0 Å². The Balaban J connectivity index is 4.06. The van der Waals surface area contributed by atoms with E-state index in [0.717, 1.165) is 0 Å². The zero-order valence-corrected chi connectivity index (χ0v) is 7.77. The Labute approximate surface area is 75.1 Å². The smallest absolute Gasteiger partial charge is 0.375 e. The third kappa shape index (κ3) is 6.19. The van der Waals surface area contributed by atoms with E-state index in [4.69, 9.17) is 0 Å². The lowest BCUT2D eigenvalue weighted by Gasteiger charge is -2.18. The van der Waals surface area contributed by atoms with Crippen LogP contribution in [-0.2, 0) is 14.3 Å². The van der Waals surface area contributed by atoms with Gasteiger partial charge in [0.05, 0.1) is 6.42 Å². The van der Waals surface area contributed by atoms with E-state index in [1.165, 1.54) is 0 Å². The van der Waals surface area contributed by atoms with Gasteiger partial charge in [-0.05, 0) is 20.8 Å². The van der Waals surface area contributed by atoms with E-state index in [1.54, 1.807) is 20.8 Å². The van der Waals surface area contributed by atoms with Gasteiger partial charge >= 0.3 is 5.97 Å². The average molecular weight is 194 g/mol. The van der Waals surface area contributed by atoms with E-state index < -0.39 is 30.2 Å². The summed E-state index contributed by atoms with van der Waals surface area (Å²) in [5.74, 6) is -2.39. The molecular weight excluding hydrogens is 182 g/mol. The lowest BCUT2D eigenvalue weighted by molar-refractivity contribution is -0.163. The van der Waals surface area contributed by atoms with Crippen LogP contribution in [0.2, 0.25) is 0 Å². The minimum Gasteiger partial charge on any atom is -0.454 e. The Morgan fingerprint density at radius 3 is 2.08 bits per heavy atom.